The number of benzene rings is 1. The molecular formula is C13H15FN2O3. The number of para-hydroxylation sites is 1. The number of carbonyl (C=O) groups excluding carboxylic acids is 2. The number of hydrogen-bond acceptors (Lipinski definition) is 3. The summed E-state index contributed by atoms with van der Waals surface area (Å²) in [6.45, 7) is 0.799. The Morgan fingerprint density at radius 1 is 1.42 bits per heavy atom. The fraction of sp³-hybridized carbons (Fsp3) is 0.385. The fourth-order valence-electron chi connectivity index (χ4n) is 2.05. The number of carbonyl (C=O) groups is 2. The van der Waals surface area contributed by atoms with E-state index in [-0.39, 0.29) is 18.2 Å². The van der Waals surface area contributed by atoms with Crippen LogP contribution in [0.15, 0.2) is 24.3 Å². The standard InChI is InChI=1S/C13H15FN2O3/c14-10-3-1-2-4-11(10)15-12(18)13(19)16-6-5-9(7-16)8-17/h1-4,9,17H,5-8H2,(H,15,18). The van der Waals surface area contributed by atoms with Crippen molar-refractivity contribution in [1.82, 2.24) is 4.90 Å². The first-order valence-corrected chi connectivity index (χ1v) is 6.07. The van der Waals surface area contributed by atoms with Crippen LogP contribution < -0.4 is 5.32 Å². The summed E-state index contributed by atoms with van der Waals surface area (Å²) in [5.41, 5.74) is -0.0150. The first-order valence-electron chi connectivity index (χ1n) is 6.07. The van der Waals surface area contributed by atoms with E-state index in [1.165, 1.54) is 23.1 Å². The molecule has 1 aromatic carbocycles. The lowest BCUT2D eigenvalue weighted by Gasteiger charge is -2.15. The topological polar surface area (TPSA) is 69.6 Å². The van der Waals surface area contributed by atoms with Gasteiger partial charge in [0.05, 0.1) is 5.69 Å². The van der Waals surface area contributed by atoms with E-state index >= 15 is 0 Å². The SMILES string of the molecule is O=C(Nc1ccccc1F)C(=O)N1CCC(CO)C1. The number of aliphatic hydroxyl groups excluding tert-OH is 1. The number of nitrogens with zero attached hydrogens (tertiary/aromatic N) is 1. The van der Waals surface area contributed by atoms with Crippen LogP contribution in [0.4, 0.5) is 10.1 Å². The van der Waals surface area contributed by atoms with E-state index in [0.717, 1.165) is 0 Å². The van der Waals surface area contributed by atoms with Crippen LogP contribution >= 0.6 is 0 Å². The van der Waals surface area contributed by atoms with Gasteiger partial charge in [0.2, 0.25) is 0 Å². The Kier molecular flexibility index (Phi) is 4.11. The van der Waals surface area contributed by atoms with Crippen molar-refractivity contribution in [2.24, 2.45) is 5.92 Å². The van der Waals surface area contributed by atoms with E-state index < -0.39 is 17.6 Å². The number of halogens is 1. The van der Waals surface area contributed by atoms with E-state index in [4.69, 9.17) is 5.11 Å². The molecule has 19 heavy (non-hydrogen) atoms. The van der Waals surface area contributed by atoms with E-state index in [9.17, 15) is 14.0 Å². The van der Waals surface area contributed by atoms with E-state index in [1.54, 1.807) is 6.07 Å². The van der Waals surface area contributed by atoms with Gasteiger partial charge in [-0.25, -0.2) is 4.39 Å². The zero-order chi connectivity index (χ0) is 13.8. The van der Waals surface area contributed by atoms with Gasteiger partial charge >= 0.3 is 11.8 Å². The van der Waals surface area contributed by atoms with Crippen LogP contribution in [-0.2, 0) is 9.59 Å². The van der Waals surface area contributed by atoms with Crippen molar-refractivity contribution in [3.05, 3.63) is 30.1 Å². The molecule has 0 aromatic heterocycles. The van der Waals surface area contributed by atoms with Crippen molar-refractivity contribution in [3.63, 3.8) is 0 Å². The molecule has 0 bridgehead atoms. The van der Waals surface area contributed by atoms with Gasteiger partial charge in [-0.1, -0.05) is 12.1 Å². The Bertz CT molecular complexity index is 493. The summed E-state index contributed by atoms with van der Waals surface area (Å²) in [5.74, 6) is -2.12. The van der Waals surface area contributed by atoms with Crippen molar-refractivity contribution in [2.45, 2.75) is 6.42 Å². The van der Waals surface area contributed by atoms with Crippen molar-refractivity contribution in [3.8, 4) is 0 Å². The average Bonchev–Trinajstić information content (AvgIpc) is 2.89. The van der Waals surface area contributed by atoms with Crippen LogP contribution in [0, 0.1) is 11.7 Å². The molecule has 1 aliphatic heterocycles. The second kappa shape index (κ2) is 5.79. The Morgan fingerprint density at radius 3 is 2.79 bits per heavy atom. The molecule has 1 unspecified atom stereocenters. The van der Waals surface area contributed by atoms with Gasteiger partial charge in [-0.3, -0.25) is 9.59 Å². The molecule has 2 rings (SSSR count). The van der Waals surface area contributed by atoms with Crippen molar-refractivity contribution in [2.75, 3.05) is 25.0 Å². The summed E-state index contributed by atoms with van der Waals surface area (Å²) >= 11 is 0. The summed E-state index contributed by atoms with van der Waals surface area (Å²) in [7, 11) is 0. The third kappa shape index (κ3) is 3.08. The van der Waals surface area contributed by atoms with Crippen LogP contribution in [-0.4, -0.2) is 41.5 Å². The summed E-state index contributed by atoms with van der Waals surface area (Å²) in [4.78, 5) is 24.9. The zero-order valence-electron chi connectivity index (χ0n) is 10.3. The maximum Gasteiger partial charge on any atom is 0.313 e. The van der Waals surface area contributed by atoms with Crippen LogP contribution in [0.2, 0.25) is 0 Å². The third-order valence-electron chi connectivity index (χ3n) is 3.15. The number of nitrogens with one attached hydrogen (secondary N) is 1. The monoisotopic (exact) mass is 266 g/mol. The highest BCUT2D eigenvalue weighted by atomic mass is 19.1. The number of amides is 2. The minimum Gasteiger partial charge on any atom is -0.396 e. The molecule has 102 valence electrons. The van der Waals surface area contributed by atoms with Gasteiger partial charge in [0, 0.05) is 25.6 Å². The first kappa shape index (κ1) is 13.5. The minimum absolute atomic E-state index is 0.00128. The summed E-state index contributed by atoms with van der Waals surface area (Å²) < 4.78 is 13.3. The Hall–Kier alpha value is -1.95. The van der Waals surface area contributed by atoms with Gasteiger partial charge < -0.3 is 15.3 Å². The lowest BCUT2D eigenvalue weighted by Crippen LogP contribution is -2.38. The summed E-state index contributed by atoms with van der Waals surface area (Å²) in [6.07, 6.45) is 0.676. The lowest BCUT2D eigenvalue weighted by molar-refractivity contribution is -0.142. The molecule has 1 heterocycles. The van der Waals surface area contributed by atoms with Gasteiger partial charge in [-0.2, -0.15) is 0 Å². The molecule has 0 spiro atoms. The molecule has 1 atom stereocenters. The number of aliphatic hydroxyl groups is 1. The second-order valence-corrected chi connectivity index (χ2v) is 4.52. The fourth-order valence-corrected chi connectivity index (χ4v) is 2.05. The maximum atomic E-state index is 13.3. The number of anilines is 1. The van der Waals surface area contributed by atoms with E-state index in [2.05, 4.69) is 5.32 Å². The molecule has 6 heteroatoms. The highest BCUT2D eigenvalue weighted by Crippen LogP contribution is 2.17. The number of likely N-dealkylation sites (tertiary alicyclic amines) is 1. The van der Waals surface area contributed by atoms with Gasteiger partial charge in [0.25, 0.3) is 0 Å². The van der Waals surface area contributed by atoms with Crippen LogP contribution in [0.1, 0.15) is 6.42 Å². The van der Waals surface area contributed by atoms with E-state index in [1.807, 2.05) is 0 Å². The predicted molar refractivity (Wildman–Crippen MR) is 66.8 cm³/mol. The van der Waals surface area contributed by atoms with Crippen LogP contribution in [0.5, 0.6) is 0 Å². The Labute approximate surface area is 110 Å². The smallest absolute Gasteiger partial charge is 0.313 e. The van der Waals surface area contributed by atoms with Gasteiger partial charge in [0.15, 0.2) is 0 Å². The first-order chi connectivity index (χ1) is 9.11. The molecular weight excluding hydrogens is 251 g/mol. The van der Waals surface area contributed by atoms with Crippen LogP contribution in [0.25, 0.3) is 0 Å². The molecule has 5 nitrogen and oxygen atoms in total. The molecule has 1 saturated heterocycles. The third-order valence-corrected chi connectivity index (χ3v) is 3.15. The zero-order valence-corrected chi connectivity index (χ0v) is 10.3. The molecule has 0 aliphatic carbocycles. The van der Waals surface area contributed by atoms with Crippen molar-refractivity contribution < 1.29 is 19.1 Å². The van der Waals surface area contributed by atoms with Gasteiger partial charge in [-0.15, -0.1) is 0 Å². The maximum absolute atomic E-state index is 13.3. The van der Waals surface area contributed by atoms with Crippen molar-refractivity contribution in [1.29, 1.82) is 0 Å². The summed E-state index contributed by atoms with van der Waals surface area (Å²) in [6, 6.07) is 5.67. The van der Waals surface area contributed by atoms with E-state index in [0.29, 0.717) is 19.5 Å². The quantitative estimate of drug-likeness (QED) is 0.770. The highest BCUT2D eigenvalue weighted by molar-refractivity contribution is 6.39. The average molecular weight is 266 g/mol. The predicted octanol–water partition coefficient (Wildman–Crippen LogP) is 0.605. The minimum atomic E-state index is -0.858. The Morgan fingerprint density at radius 2 is 2.16 bits per heavy atom. The second-order valence-electron chi connectivity index (χ2n) is 4.52. The molecule has 1 fully saturated rings. The molecule has 1 aromatic rings. The molecule has 2 N–H and O–H groups in total. The normalized spacial score (nSPS) is 18.4. The van der Waals surface area contributed by atoms with Crippen molar-refractivity contribution >= 4 is 17.5 Å². The largest absolute Gasteiger partial charge is 0.396 e. The van der Waals surface area contributed by atoms with Crippen LogP contribution in [0.3, 0.4) is 0 Å². The summed E-state index contributed by atoms with van der Waals surface area (Å²) in [5, 5.41) is 11.2. The molecule has 2 amide bonds. The highest BCUT2D eigenvalue weighted by Gasteiger charge is 2.29. The lowest BCUT2D eigenvalue weighted by atomic mass is 10.1. The number of hydrogen-bond donors (Lipinski definition) is 2. The molecule has 0 radical (unpaired) electrons. The van der Waals surface area contributed by atoms with Gasteiger partial charge in [0.1, 0.15) is 5.82 Å². The Balaban J connectivity index is 1.97. The number of rotatable bonds is 2. The molecule has 0 saturated carbocycles. The molecule has 1 aliphatic rings. The van der Waals surface area contributed by atoms with Gasteiger partial charge in [-0.05, 0) is 18.6 Å².